The minimum atomic E-state index is -0.179. The average Bonchev–Trinajstić information content (AvgIpc) is 2.29. The van der Waals surface area contributed by atoms with Crippen molar-refractivity contribution >= 4 is 17.3 Å². The van der Waals surface area contributed by atoms with Crippen LogP contribution in [0, 0.1) is 6.92 Å². The van der Waals surface area contributed by atoms with Crippen LogP contribution in [0.5, 0.6) is 0 Å². The van der Waals surface area contributed by atoms with Crippen molar-refractivity contribution in [3.05, 3.63) is 53.9 Å². The molecule has 0 spiro atoms. The van der Waals surface area contributed by atoms with E-state index in [1.54, 1.807) is 49.5 Å². The summed E-state index contributed by atoms with van der Waals surface area (Å²) in [6.07, 6.45) is 1.66. The molecule has 1 amide bonds. The molecule has 0 aliphatic rings. The lowest BCUT2D eigenvalue weighted by Crippen LogP contribution is -2.13. The van der Waals surface area contributed by atoms with E-state index in [-0.39, 0.29) is 5.91 Å². The van der Waals surface area contributed by atoms with E-state index >= 15 is 0 Å². The first-order chi connectivity index (χ1) is 8.16. The number of hydrogen-bond acceptors (Lipinski definition) is 3. The molecule has 1 heterocycles. The Hall–Kier alpha value is -2.36. The molecular formula is C13H13N3O. The summed E-state index contributed by atoms with van der Waals surface area (Å²) in [5.74, 6) is -0.179. The van der Waals surface area contributed by atoms with Crippen LogP contribution in [0.4, 0.5) is 11.4 Å². The van der Waals surface area contributed by atoms with Crippen molar-refractivity contribution in [1.29, 1.82) is 0 Å². The largest absolute Gasteiger partial charge is 0.399 e. The minimum absolute atomic E-state index is 0.179. The van der Waals surface area contributed by atoms with Gasteiger partial charge in [-0.25, -0.2) is 0 Å². The number of aromatic nitrogens is 1. The summed E-state index contributed by atoms with van der Waals surface area (Å²) in [7, 11) is 0. The van der Waals surface area contributed by atoms with Crippen molar-refractivity contribution in [3.63, 3.8) is 0 Å². The number of aryl methyl sites for hydroxylation is 1. The molecule has 0 aliphatic heterocycles. The Morgan fingerprint density at radius 1 is 1.29 bits per heavy atom. The highest BCUT2D eigenvalue weighted by atomic mass is 16.1. The number of hydrogen-bond donors (Lipinski definition) is 2. The number of nitrogens with zero attached hydrogens (tertiary/aromatic N) is 1. The fourth-order valence-corrected chi connectivity index (χ4v) is 1.54. The van der Waals surface area contributed by atoms with Gasteiger partial charge in [-0.2, -0.15) is 0 Å². The van der Waals surface area contributed by atoms with E-state index in [2.05, 4.69) is 10.3 Å². The molecule has 2 aromatic rings. The predicted octanol–water partition coefficient (Wildman–Crippen LogP) is 2.22. The van der Waals surface area contributed by atoms with Crippen molar-refractivity contribution < 1.29 is 4.79 Å². The molecule has 1 aromatic heterocycles. The Kier molecular flexibility index (Phi) is 3.05. The molecule has 3 N–H and O–H groups in total. The van der Waals surface area contributed by atoms with Crippen molar-refractivity contribution in [2.75, 3.05) is 11.1 Å². The van der Waals surface area contributed by atoms with Gasteiger partial charge in [-0.3, -0.25) is 9.78 Å². The second-order valence-electron chi connectivity index (χ2n) is 3.72. The first-order valence-electron chi connectivity index (χ1n) is 5.25. The molecule has 0 saturated carbocycles. The fourth-order valence-electron chi connectivity index (χ4n) is 1.54. The van der Waals surface area contributed by atoms with E-state index in [0.29, 0.717) is 22.6 Å². The summed E-state index contributed by atoms with van der Waals surface area (Å²) in [5, 5.41) is 2.78. The third-order valence-electron chi connectivity index (χ3n) is 2.40. The van der Waals surface area contributed by atoms with Gasteiger partial charge < -0.3 is 11.1 Å². The zero-order valence-corrected chi connectivity index (χ0v) is 9.47. The number of pyridine rings is 1. The molecule has 0 atom stereocenters. The maximum Gasteiger partial charge on any atom is 0.257 e. The summed E-state index contributed by atoms with van der Waals surface area (Å²) in [4.78, 5) is 16.0. The van der Waals surface area contributed by atoms with Gasteiger partial charge in [-0.1, -0.05) is 6.07 Å². The highest BCUT2D eigenvalue weighted by Gasteiger charge is 2.09. The van der Waals surface area contributed by atoms with Crippen LogP contribution in [0.15, 0.2) is 42.6 Å². The van der Waals surface area contributed by atoms with Gasteiger partial charge in [0, 0.05) is 23.3 Å². The molecule has 0 unspecified atom stereocenters. The SMILES string of the molecule is Cc1ncccc1C(=O)Nc1cccc(N)c1. The lowest BCUT2D eigenvalue weighted by molar-refractivity contribution is 0.102. The van der Waals surface area contributed by atoms with Crippen LogP contribution < -0.4 is 11.1 Å². The fraction of sp³-hybridized carbons (Fsp3) is 0.0769. The lowest BCUT2D eigenvalue weighted by atomic mass is 10.2. The molecule has 1 aromatic carbocycles. The van der Waals surface area contributed by atoms with Crippen LogP contribution in [-0.4, -0.2) is 10.9 Å². The Bertz CT molecular complexity index is 552. The number of anilines is 2. The Labute approximate surface area is 99.5 Å². The van der Waals surface area contributed by atoms with Gasteiger partial charge in [-0.05, 0) is 37.3 Å². The van der Waals surface area contributed by atoms with E-state index in [9.17, 15) is 4.79 Å². The number of nitrogens with two attached hydrogens (primary N) is 1. The van der Waals surface area contributed by atoms with Crippen molar-refractivity contribution in [2.45, 2.75) is 6.92 Å². The Balaban J connectivity index is 2.20. The zero-order chi connectivity index (χ0) is 12.3. The molecule has 86 valence electrons. The quantitative estimate of drug-likeness (QED) is 0.773. The third kappa shape index (κ3) is 2.60. The van der Waals surface area contributed by atoms with Gasteiger partial charge in [0.1, 0.15) is 0 Å². The number of nitrogens with one attached hydrogen (secondary N) is 1. The van der Waals surface area contributed by atoms with Gasteiger partial charge in [0.25, 0.3) is 5.91 Å². The molecule has 0 bridgehead atoms. The van der Waals surface area contributed by atoms with E-state index in [4.69, 9.17) is 5.73 Å². The van der Waals surface area contributed by atoms with Gasteiger partial charge in [-0.15, -0.1) is 0 Å². The summed E-state index contributed by atoms with van der Waals surface area (Å²) in [6.45, 7) is 1.80. The van der Waals surface area contributed by atoms with Crippen LogP contribution in [0.3, 0.4) is 0 Å². The molecule has 4 heteroatoms. The van der Waals surface area contributed by atoms with Crippen LogP contribution in [0.25, 0.3) is 0 Å². The van der Waals surface area contributed by atoms with E-state index in [1.807, 2.05) is 0 Å². The normalized spacial score (nSPS) is 9.94. The van der Waals surface area contributed by atoms with E-state index in [1.165, 1.54) is 0 Å². The lowest BCUT2D eigenvalue weighted by Gasteiger charge is -2.07. The van der Waals surface area contributed by atoms with Gasteiger partial charge in [0.15, 0.2) is 0 Å². The Morgan fingerprint density at radius 2 is 2.12 bits per heavy atom. The molecule has 4 nitrogen and oxygen atoms in total. The van der Waals surface area contributed by atoms with Crippen LogP contribution in [0.1, 0.15) is 16.1 Å². The van der Waals surface area contributed by atoms with Crippen molar-refractivity contribution in [1.82, 2.24) is 4.98 Å². The standard InChI is InChI=1S/C13H13N3O/c1-9-12(6-3-7-15-9)13(17)16-11-5-2-4-10(14)8-11/h2-8H,14H2,1H3,(H,16,17). The van der Waals surface area contributed by atoms with Crippen molar-refractivity contribution in [2.24, 2.45) is 0 Å². The first kappa shape index (κ1) is 11.1. The Morgan fingerprint density at radius 3 is 2.82 bits per heavy atom. The molecule has 17 heavy (non-hydrogen) atoms. The zero-order valence-electron chi connectivity index (χ0n) is 9.47. The van der Waals surface area contributed by atoms with Crippen LogP contribution >= 0.6 is 0 Å². The summed E-state index contributed by atoms with van der Waals surface area (Å²) in [6, 6.07) is 10.5. The van der Waals surface area contributed by atoms with Crippen LogP contribution in [-0.2, 0) is 0 Å². The summed E-state index contributed by atoms with van der Waals surface area (Å²) < 4.78 is 0. The van der Waals surface area contributed by atoms with Gasteiger partial charge >= 0.3 is 0 Å². The summed E-state index contributed by atoms with van der Waals surface area (Å²) in [5.41, 5.74) is 8.20. The van der Waals surface area contributed by atoms with E-state index in [0.717, 1.165) is 0 Å². The molecule has 0 saturated heterocycles. The molecule has 0 aliphatic carbocycles. The number of carbonyl (C=O) groups is 1. The first-order valence-corrected chi connectivity index (χ1v) is 5.25. The second kappa shape index (κ2) is 4.65. The maximum atomic E-state index is 12.0. The minimum Gasteiger partial charge on any atom is -0.399 e. The highest BCUT2D eigenvalue weighted by molar-refractivity contribution is 6.05. The predicted molar refractivity (Wildman–Crippen MR) is 67.8 cm³/mol. The number of carbonyl (C=O) groups excluding carboxylic acids is 1. The topological polar surface area (TPSA) is 68.0 Å². The smallest absolute Gasteiger partial charge is 0.257 e. The monoisotopic (exact) mass is 227 g/mol. The molecule has 0 fully saturated rings. The van der Waals surface area contributed by atoms with Crippen LogP contribution in [0.2, 0.25) is 0 Å². The highest BCUT2D eigenvalue weighted by Crippen LogP contribution is 2.14. The van der Waals surface area contributed by atoms with E-state index < -0.39 is 0 Å². The number of benzene rings is 1. The van der Waals surface area contributed by atoms with Crippen molar-refractivity contribution in [3.8, 4) is 0 Å². The molecular weight excluding hydrogens is 214 g/mol. The molecule has 0 radical (unpaired) electrons. The summed E-state index contributed by atoms with van der Waals surface area (Å²) >= 11 is 0. The third-order valence-corrected chi connectivity index (χ3v) is 2.40. The number of nitrogen functional groups attached to an aromatic ring is 1. The van der Waals surface area contributed by atoms with Gasteiger partial charge in [0.05, 0.1) is 5.56 Å². The number of rotatable bonds is 2. The number of amides is 1. The maximum absolute atomic E-state index is 12.0. The van der Waals surface area contributed by atoms with Gasteiger partial charge in [0.2, 0.25) is 0 Å². The average molecular weight is 227 g/mol. The second-order valence-corrected chi connectivity index (χ2v) is 3.72. The molecule has 2 rings (SSSR count).